The summed E-state index contributed by atoms with van der Waals surface area (Å²) in [7, 11) is 0. The fraction of sp³-hybridized carbons (Fsp3) is 0.400. The van der Waals surface area contributed by atoms with E-state index in [1.807, 2.05) is 30.9 Å². The molecule has 3 aromatic rings. The van der Waals surface area contributed by atoms with E-state index >= 15 is 0 Å². The first kappa shape index (κ1) is 17.9. The van der Waals surface area contributed by atoms with E-state index in [2.05, 4.69) is 15.3 Å². The second kappa shape index (κ2) is 7.02. The lowest BCUT2D eigenvalue weighted by molar-refractivity contribution is 0.0259. The average molecular weight is 413 g/mol. The molecule has 8 heteroatoms. The molecule has 28 heavy (non-hydrogen) atoms. The molecule has 1 amide bonds. The molecule has 6 nitrogen and oxygen atoms in total. The van der Waals surface area contributed by atoms with Crippen molar-refractivity contribution in [2.45, 2.75) is 38.8 Å². The highest BCUT2D eigenvalue weighted by Crippen LogP contribution is 2.31. The number of nitrogens with zero attached hydrogens (tertiary/aromatic N) is 4. The Balaban J connectivity index is 1.28. The number of thiazole rings is 2. The number of aryl methyl sites for hydroxylation is 2. The number of fused-ring (bicyclic) bond motifs is 2. The molecule has 3 aromatic heterocycles. The van der Waals surface area contributed by atoms with Crippen molar-refractivity contribution in [2.24, 2.45) is 0 Å². The normalized spacial score (nSPS) is 20.9. The molecule has 0 spiro atoms. The third kappa shape index (κ3) is 3.25. The van der Waals surface area contributed by atoms with Gasteiger partial charge in [0.1, 0.15) is 0 Å². The van der Waals surface area contributed by atoms with Crippen LogP contribution in [0.25, 0.3) is 10.6 Å². The molecule has 0 N–H and O–H groups in total. The molecule has 0 radical (unpaired) electrons. The quantitative estimate of drug-likeness (QED) is 0.656. The van der Waals surface area contributed by atoms with Gasteiger partial charge in [-0.1, -0.05) is 0 Å². The monoisotopic (exact) mass is 412 g/mol. The molecule has 2 fully saturated rings. The van der Waals surface area contributed by atoms with Gasteiger partial charge >= 0.3 is 0 Å². The minimum absolute atomic E-state index is 0.0578. The smallest absolute Gasteiger partial charge is 0.255 e. The van der Waals surface area contributed by atoms with Crippen LogP contribution in [-0.4, -0.2) is 51.1 Å². The maximum absolute atomic E-state index is 12.7. The van der Waals surface area contributed by atoms with Crippen molar-refractivity contribution in [1.82, 2.24) is 19.9 Å². The summed E-state index contributed by atoms with van der Waals surface area (Å²) in [6.45, 7) is 5.39. The van der Waals surface area contributed by atoms with Crippen molar-refractivity contribution in [2.75, 3.05) is 13.2 Å². The molecule has 144 valence electrons. The highest BCUT2D eigenvalue weighted by molar-refractivity contribution is 7.15. The molecule has 5 rings (SSSR count). The topological polar surface area (TPSA) is 68.2 Å². The largest absolute Gasteiger partial charge is 0.374 e. The second-order valence-corrected chi connectivity index (χ2v) is 9.44. The summed E-state index contributed by atoms with van der Waals surface area (Å²) in [5, 5.41) is 4.15. The van der Waals surface area contributed by atoms with Crippen LogP contribution in [0.1, 0.15) is 38.2 Å². The Morgan fingerprint density at radius 3 is 2.86 bits per heavy atom. The maximum atomic E-state index is 12.7. The molecular formula is C20H20N4O2S2. The first-order valence-electron chi connectivity index (χ1n) is 9.33. The van der Waals surface area contributed by atoms with Gasteiger partial charge in [0.05, 0.1) is 50.6 Å². The van der Waals surface area contributed by atoms with Gasteiger partial charge in [-0.25, -0.2) is 9.97 Å². The van der Waals surface area contributed by atoms with Gasteiger partial charge < -0.3 is 9.64 Å². The molecule has 2 aliphatic heterocycles. The summed E-state index contributed by atoms with van der Waals surface area (Å²) >= 11 is 3.31. The summed E-state index contributed by atoms with van der Waals surface area (Å²) < 4.78 is 5.58. The van der Waals surface area contributed by atoms with Crippen molar-refractivity contribution in [3.63, 3.8) is 0 Å². The van der Waals surface area contributed by atoms with Crippen molar-refractivity contribution in [3.05, 3.63) is 50.7 Å². The molecule has 2 atom stereocenters. The molecule has 0 unspecified atom stereocenters. The number of carbonyl (C=O) groups excluding carboxylic acids is 1. The van der Waals surface area contributed by atoms with E-state index in [-0.39, 0.29) is 18.1 Å². The van der Waals surface area contributed by atoms with E-state index in [0.29, 0.717) is 25.1 Å². The van der Waals surface area contributed by atoms with E-state index in [4.69, 9.17) is 9.72 Å². The van der Waals surface area contributed by atoms with Gasteiger partial charge in [-0.05, 0) is 32.4 Å². The summed E-state index contributed by atoms with van der Waals surface area (Å²) in [6, 6.07) is 4.04. The Labute approximate surface area is 171 Å². The Hall–Kier alpha value is -2.16. The van der Waals surface area contributed by atoms with Crippen molar-refractivity contribution in [3.8, 4) is 10.6 Å². The van der Waals surface area contributed by atoms with Crippen LogP contribution in [-0.2, 0) is 11.2 Å². The van der Waals surface area contributed by atoms with E-state index < -0.39 is 0 Å². The number of rotatable bonds is 4. The van der Waals surface area contributed by atoms with Crippen LogP contribution in [0.4, 0.5) is 0 Å². The predicted octanol–water partition coefficient (Wildman–Crippen LogP) is 3.48. The SMILES string of the molecule is Cc1nc(C)c(-c2csc(Cc3ccc(C(=O)N4C[C@H]5C[C@@H]4CO5)cn3)n2)s1. The molecule has 0 aliphatic carbocycles. The fourth-order valence-electron chi connectivity index (χ4n) is 3.89. The molecule has 2 bridgehead atoms. The summed E-state index contributed by atoms with van der Waals surface area (Å²) in [5.41, 5.74) is 3.58. The highest BCUT2D eigenvalue weighted by atomic mass is 32.1. The summed E-state index contributed by atoms with van der Waals surface area (Å²) in [5.74, 6) is 0.0578. The zero-order valence-electron chi connectivity index (χ0n) is 15.7. The number of hydrogen-bond acceptors (Lipinski definition) is 7. The Morgan fingerprint density at radius 2 is 2.21 bits per heavy atom. The Bertz CT molecular complexity index is 1030. The highest BCUT2D eigenvalue weighted by Gasteiger charge is 2.41. The minimum atomic E-state index is 0.0578. The molecular weight excluding hydrogens is 392 g/mol. The standard InChI is InChI=1S/C20H20N4O2S2/c1-11-19(28-12(2)22-11)17-10-27-18(23-17)5-14-4-3-13(7-21-14)20(25)24-8-16-6-15(24)9-26-16/h3-4,7,10,15-16H,5-6,8-9H2,1-2H3/t15-,16-/m1/s1. The first-order valence-corrected chi connectivity index (χ1v) is 11.0. The fourth-order valence-corrected chi connectivity index (χ4v) is 5.65. The van der Waals surface area contributed by atoms with Crippen LogP contribution in [0, 0.1) is 13.8 Å². The Morgan fingerprint density at radius 1 is 1.32 bits per heavy atom. The van der Waals surface area contributed by atoms with Crippen LogP contribution >= 0.6 is 22.7 Å². The number of amides is 1. The number of likely N-dealkylation sites (tertiary alicyclic amines) is 1. The van der Waals surface area contributed by atoms with Crippen molar-refractivity contribution < 1.29 is 9.53 Å². The third-order valence-corrected chi connectivity index (χ3v) is 7.20. The van der Waals surface area contributed by atoms with Gasteiger partial charge in [0, 0.05) is 30.2 Å². The number of morpholine rings is 1. The second-order valence-electron chi connectivity index (χ2n) is 7.29. The number of hydrogen-bond donors (Lipinski definition) is 0. The lowest BCUT2D eigenvalue weighted by Gasteiger charge is -2.26. The van der Waals surface area contributed by atoms with Crippen LogP contribution in [0.2, 0.25) is 0 Å². The van der Waals surface area contributed by atoms with E-state index in [1.165, 1.54) is 0 Å². The zero-order chi connectivity index (χ0) is 19.3. The van der Waals surface area contributed by atoms with E-state index in [0.717, 1.165) is 38.4 Å². The first-order chi connectivity index (χ1) is 13.6. The van der Waals surface area contributed by atoms with Crippen LogP contribution in [0.3, 0.4) is 0 Å². The van der Waals surface area contributed by atoms with Crippen LogP contribution in [0.5, 0.6) is 0 Å². The molecule has 5 heterocycles. The van der Waals surface area contributed by atoms with Crippen molar-refractivity contribution >= 4 is 28.6 Å². The van der Waals surface area contributed by atoms with Gasteiger partial charge in [0.15, 0.2) is 0 Å². The lowest BCUT2D eigenvalue weighted by Crippen LogP contribution is -2.41. The van der Waals surface area contributed by atoms with E-state index in [9.17, 15) is 4.79 Å². The van der Waals surface area contributed by atoms with E-state index in [1.54, 1.807) is 28.9 Å². The molecule has 2 saturated heterocycles. The maximum Gasteiger partial charge on any atom is 0.255 e. The van der Waals surface area contributed by atoms with Gasteiger partial charge in [-0.2, -0.15) is 0 Å². The molecule has 0 saturated carbocycles. The number of ether oxygens (including phenoxy) is 1. The third-order valence-electron chi connectivity index (χ3n) is 5.25. The van der Waals surface area contributed by atoms with Gasteiger partial charge in [-0.3, -0.25) is 9.78 Å². The zero-order valence-corrected chi connectivity index (χ0v) is 17.3. The van der Waals surface area contributed by atoms with Crippen LogP contribution in [0.15, 0.2) is 23.7 Å². The molecule has 0 aromatic carbocycles. The van der Waals surface area contributed by atoms with Crippen LogP contribution < -0.4 is 0 Å². The number of pyridine rings is 1. The average Bonchev–Trinajstić information content (AvgIpc) is 3.46. The minimum Gasteiger partial charge on any atom is -0.374 e. The number of aromatic nitrogens is 3. The van der Waals surface area contributed by atoms with Gasteiger partial charge in [0.25, 0.3) is 5.91 Å². The Kier molecular flexibility index (Phi) is 4.49. The van der Waals surface area contributed by atoms with Gasteiger partial charge in [-0.15, -0.1) is 22.7 Å². The summed E-state index contributed by atoms with van der Waals surface area (Å²) in [6.07, 6.45) is 3.53. The molecule has 2 aliphatic rings. The predicted molar refractivity (Wildman–Crippen MR) is 109 cm³/mol. The van der Waals surface area contributed by atoms with Crippen molar-refractivity contribution in [1.29, 1.82) is 0 Å². The lowest BCUT2D eigenvalue weighted by atomic mass is 10.2. The van der Waals surface area contributed by atoms with Gasteiger partial charge in [0.2, 0.25) is 0 Å². The summed E-state index contributed by atoms with van der Waals surface area (Å²) in [4.78, 5) is 29.5. The number of carbonyl (C=O) groups is 1.